The standard InChI is InChI=1S/C28H40O3/c1-17(7-8-18(2)29)23-19(30)15-26(6)21-10-9-20-24(3,4)22(31)11-12-27(20)16-28(21,27)14-13-25(23,26)5/h20-21H,7-16H2,1-6H3/b23-17+/t20?,21?,25-,26+,27-,28+/m1/s1. The lowest BCUT2D eigenvalue weighted by Crippen LogP contribution is -2.56. The number of hydrogen-bond acceptors (Lipinski definition) is 3. The Hall–Kier alpha value is -1.25. The summed E-state index contributed by atoms with van der Waals surface area (Å²) in [4.78, 5) is 37.8. The van der Waals surface area contributed by atoms with Gasteiger partial charge in [-0.1, -0.05) is 33.3 Å². The number of carbonyl (C=O) groups excluding carboxylic acids is 3. The fourth-order valence-corrected chi connectivity index (χ4v) is 10.0. The second-order valence-corrected chi connectivity index (χ2v) is 13.0. The number of Topliss-reactive ketones (excluding diaryl/α,β-unsaturated/α-hetero) is 3. The molecule has 31 heavy (non-hydrogen) atoms. The van der Waals surface area contributed by atoms with E-state index in [4.69, 9.17) is 0 Å². The Kier molecular flexibility index (Phi) is 4.32. The highest BCUT2D eigenvalue weighted by Crippen LogP contribution is 2.88. The third kappa shape index (κ3) is 2.39. The zero-order valence-electron chi connectivity index (χ0n) is 20.5. The van der Waals surface area contributed by atoms with Crippen LogP contribution < -0.4 is 0 Å². The van der Waals surface area contributed by atoms with Crippen molar-refractivity contribution in [1.82, 2.24) is 0 Å². The summed E-state index contributed by atoms with van der Waals surface area (Å²) in [6.07, 6.45) is 9.66. The topological polar surface area (TPSA) is 51.2 Å². The van der Waals surface area contributed by atoms with Crippen LogP contribution in [0.15, 0.2) is 11.1 Å². The summed E-state index contributed by atoms with van der Waals surface area (Å²) in [6, 6.07) is 0. The van der Waals surface area contributed by atoms with Crippen molar-refractivity contribution in [3.63, 3.8) is 0 Å². The Morgan fingerprint density at radius 2 is 1.55 bits per heavy atom. The Morgan fingerprint density at radius 1 is 0.903 bits per heavy atom. The van der Waals surface area contributed by atoms with Gasteiger partial charge in [0.1, 0.15) is 11.6 Å². The van der Waals surface area contributed by atoms with E-state index in [0.29, 0.717) is 47.1 Å². The molecule has 0 N–H and O–H groups in total. The van der Waals surface area contributed by atoms with E-state index in [0.717, 1.165) is 43.3 Å². The molecule has 0 aromatic carbocycles. The molecule has 0 bridgehead atoms. The van der Waals surface area contributed by atoms with E-state index in [1.54, 1.807) is 6.92 Å². The van der Waals surface area contributed by atoms with Gasteiger partial charge < -0.3 is 4.79 Å². The highest BCUT2D eigenvalue weighted by molar-refractivity contribution is 6.01. The Bertz CT molecular complexity index is 925. The largest absolute Gasteiger partial charge is 0.300 e. The predicted octanol–water partition coefficient (Wildman–Crippen LogP) is 6.24. The average molecular weight is 425 g/mol. The van der Waals surface area contributed by atoms with Gasteiger partial charge >= 0.3 is 0 Å². The van der Waals surface area contributed by atoms with Crippen LogP contribution in [0.5, 0.6) is 0 Å². The molecule has 0 aromatic heterocycles. The van der Waals surface area contributed by atoms with Crippen molar-refractivity contribution >= 4 is 17.3 Å². The normalized spacial score (nSPS) is 49.0. The first-order valence-electron chi connectivity index (χ1n) is 12.6. The SMILES string of the molecule is CC(=O)CC/C(C)=C1\C(=O)C[C@@]2(C)C3CCC4C(C)(C)C(=O)CC[C@@]45C[C@@]35CC[C@]12C. The number of fused-ring (bicyclic) bond motifs is 2. The minimum atomic E-state index is -0.186. The maximum atomic E-state index is 13.5. The second kappa shape index (κ2) is 6.20. The molecule has 2 unspecified atom stereocenters. The van der Waals surface area contributed by atoms with Crippen molar-refractivity contribution in [1.29, 1.82) is 0 Å². The molecule has 0 radical (unpaired) electrons. The van der Waals surface area contributed by atoms with Crippen LogP contribution in [0.3, 0.4) is 0 Å². The van der Waals surface area contributed by atoms with Crippen LogP contribution >= 0.6 is 0 Å². The van der Waals surface area contributed by atoms with E-state index in [9.17, 15) is 14.4 Å². The van der Waals surface area contributed by atoms with Gasteiger partial charge in [-0.05, 0) is 86.9 Å². The summed E-state index contributed by atoms with van der Waals surface area (Å²) in [7, 11) is 0. The van der Waals surface area contributed by atoms with Crippen LogP contribution in [0.1, 0.15) is 106 Å². The number of rotatable bonds is 3. The molecule has 5 rings (SSSR count). The van der Waals surface area contributed by atoms with E-state index in [2.05, 4.69) is 34.6 Å². The molecular weight excluding hydrogens is 384 g/mol. The highest BCUT2D eigenvalue weighted by Gasteiger charge is 2.82. The fourth-order valence-electron chi connectivity index (χ4n) is 10.0. The third-order valence-electron chi connectivity index (χ3n) is 11.7. The zero-order valence-corrected chi connectivity index (χ0v) is 20.5. The van der Waals surface area contributed by atoms with E-state index >= 15 is 0 Å². The number of hydrogen-bond donors (Lipinski definition) is 0. The Morgan fingerprint density at radius 3 is 2.23 bits per heavy atom. The molecule has 5 aliphatic rings. The van der Waals surface area contributed by atoms with Crippen LogP contribution in [0.25, 0.3) is 0 Å². The molecule has 0 aliphatic heterocycles. The van der Waals surface area contributed by atoms with Gasteiger partial charge in [0.05, 0.1) is 0 Å². The molecule has 5 fully saturated rings. The molecule has 6 atom stereocenters. The quantitative estimate of drug-likeness (QED) is 0.504. The molecule has 5 saturated carbocycles. The van der Waals surface area contributed by atoms with Crippen LogP contribution in [0, 0.1) is 38.9 Å². The van der Waals surface area contributed by atoms with Crippen molar-refractivity contribution < 1.29 is 14.4 Å². The van der Waals surface area contributed by atoms with E-state index < -0.39 is 0 Å². The molecule has 5 aliphatic carbocycles. The summed E-state index contributed by atoms with van der Waals surface area (Å²) in [5.74, 6) is 2.13. The minimum Gasteiger partial charge on any atom is -0.300 e. The fraction of sp³-hybridized carbons (Fsp3) is 0.821. The lowest BCUT2D eigenvalue weighted by Gasteiger charge is -2.61. The van der Waals surface area contributed by atoms with Gasteiger partial charge in [-0.15, -0.1) is 0 Å². The van der Waals surface area contributed by atoms with Gasteiger partial charge in [0.2, 0.25) is 0 Å². The van der Waals surface area contributed by atoms with Gasteiger partial charge in [0.15, 0.2) is 5.78 Å². The average Bonchev–Trinajstić information content (AvgIpc) is 3.29. The summed E-state index contributed by atoms with van der Waals surface area (Å²) in [5, 5.41) is 0. The number of carbonyl (C=O) groups is 3. The van der Waals surface area contributed by atoms with Crippen LogP contribution in [-0.2, 0) is 14.4 Å². The van der Waals surface area contributed by atoms with Gasteiger partial charge in [0.25, 0.3) is 0 Å². The van der Waals surface area contributed by atoms with Gasteiger partial charge in [-0.3, -0.25) is 9.59 Å². The van der Waals surface area contributed by atoms with Crippen LogP contribution in [0.2, 0.25) is 0 Å². The van der Waals surface area contributed by atoms with E-state index in [1.807, 2.05) is 0 Å². The van der Waals surface area contributed by atoms with Crippen molar-refractivity contribution in [3.8, 4) is 0 Å². The second-order valence-electron chi connectivity index (χ2n) is 13.0. The minimum absolute atomic E-state index is 0.00915. The third-order valence-corrected chi connectivity index (χ3v) is 11.7. The predicted molar refractivity (Wildman–Crippen MR) is 121 cm³/mol. The maximum Gasteiger partial charge on any atom is 0.159 e. The maximum absolute atomic E-state index is 13.5. The van der Waals surface area contributed by atoms with Crippen LogP contribution in [0.4, 0.5) is 0 Å². The van der Waals surface area contributed by atoms with Crippen LogP contribution in [-0.4, -0.2) is 17.3 Å². The number of ketones is 3. The molecule has 3 nitrogen and oxygen atoms in total. The molecule has 2 spiro atoms. The molecular formula is C28H40O3. The first-order valence-corrected chi connectivity index (χ1v) is 12.6. The zero-order chi connectivity index (χ0) is 22.6. The molecule has 0 saturated heterocycles. The molecule has 170 valence electrons. The van der Waals surface area contributed by atoms with E-state index in [-0.39, 0.29) is 22.0 Å². The molecule has 3 heteroatoms. The van der Waals surface area contributed by atoms with Crippen molar-refractivity contribution in [2.75, 3.05) is 0 Å². The highest BCUT2D eigenvalue weighted by atomic mass is 16.1. The lowest BCUT2D eigenvalue weighted by atomic mass is 9.42. The molecule has 0 heterocycles. The van der Waals surface area contributed by atoms with Gasteiger partial charge in [-0.2, -0.15) is 0 Å². The molecule has 0 amide bonds. The van der Waals surface area contributed by atoms with E-state index in [1.165, 1.54) is 19.3 Å². The smallest absolute Gasteiger partial charge is 0.159 e. The lowest BCUT2D eigenvalue weighted by molar-refractivity contribution is -0.150. The van der Waals surface area contributed by atoms with Crippen molar-refractivity contribution in [2.45, 2.75) is 106 Å². The first kappa shape index (κ1) is 21.6. The summed E-state index contributed by atoms with van der Waals surface area (Å²) in [5.41, 5.74) is 2.68. The first-order chi connectivity index (χ1) is 14.4. The summed E-state index contributed by atoms with van der Waals surface area (Å²) < 4.78 is 0. The molecule has 0 aromatic rings. The van der Waals surface area contributed by atoms with Crippen molar-refractivity contribution in [2.24, 2.45) is 38.9 Å². The van der Waals surface area contributed by atoms with Gasteiger partial charge in [-0.25, -0.2) is 0 Å². The van der Waals surface area contributed by atoms with Crippen molar-refractivity contribution in [3.05, 3.63) is 11.1 Å². The Balaban J connectivity index is 1.53. The monoisotopic (exact) mass is 424 g/mol. The summed E-state index contributed by atoms with van der Waals surface area (Å²) >= 11 is 0. The Labute approximate surface area is 187 Å². The number of allylic oxidation sites excluding steroid dienone is 2. The van der Waals surface area contributed by atoms with Gasteiger partial charge in [0, 0.05) is 35.7 Å². The summed E-state index contributed by atoms with van der Waals surface area (Å²) in [6.45, 7) is 13.0.